The van der Waals surface area contributed by atoms with Gasteiger partial charge in [-0.3, -0.25) is 0 Å². The van der Waals surface area contributed by atoms with Crippen molar-refractivity contribution < 1.29 is 0 Å². The van der Waals surface area contributed by atoms with Gasteiger partial charge in [-0.25, -0.2) is 0 Å². The van der Waals surface area contributed by atoms with Crippen molar-refractivity contribution in [3.8, 4) is 33.4 Å². The standard InChI is InChI=1S/C61H45N/c1-4-18-42(19-5-1)61(43-20-6-2-7-21-43)56-31-17-13-27-50(56)52-35-33-46(41-58(52)61)62(44-22-8-3-9-23-44)45-32-34-51-49-26-12-16-30-55(49)60(57(51)40-45)38-36-59(37-39-60)53-28-14-10-24-47(53)48-25-11-15-29-54(48)59/h1-35,40-41H,36-39H2. The predicted octanol–water partition coefficient (Wildman–Crippen LogP) is 15.3. The van der Waals surface area contributed by atoms with Gasteiger partial charge in [0.2, 0.25) is 0 Å². The van der Waals surface area contributed by atoms with E-state index in [9.17, 15) is 0 Å². The highest BCUT2D eigenvalue weighted by atomic mass is 15.1. The minimum Gasteiger partial charge on any atom is -0.310 e. The molecule has 0 saturated heterocycles. The highest BCUT2D eigenvalue weighted by molar-refractivity contribution is 5.91. The number of benzene rings is 9. The summed E-state index contributed by atoms with van der Waals surface area (Å²) in [5, 5.41) is 0. The Kier molecular flexibility index (Phi) is 7.67. The molecule has 0 aliphatic heterocycles. The van der Waals surface area contributed by atoms with Gasteiger partial charge in [-0.15, -0.1) is 0 Å². The third kappa shape index (κ3) is 4.74. The molecule has 0 atom stereocenters. The van der Waals surface area contributed by atoms with E-state index >= 15 is 0 Å². The molecule has 13 rings (SSSR count). The molecule has 2 spiro atoms. The molecule has 0 bridgehead atoms. The minimum absolute atomic E-state index is 0.0375. The zero-order chi connectivity index (χ0) is 40.9. The van der Waals surface area contributed by atoms with Crippen LogP contribution in [0.2, 0.25) is 0 Å². The summed E-state index contributed by atoms with van der Waals surface area (Å²) in [6, 6.07) is 84.7. The second kappa shape index (κ2) is 13.4. The molecule has 0 aromatic heterocycles. The van der Waals surface area contributed by atoms with Crippen LogP contribution < -0.4 is 4.90 Å². The average molecular weight is 792 g/mol. The molecule has 294 valence electrons. The van der Waals surface area contributed by atoms with Crippen LogP contribution in [0, 0.1) is 0 Å². The molecule has 4 aliphatic carbocycles. The Morgan fingerprint density at radius 1 is 0.258 bits per heavy atom. The number of anilines is 3. The Labute approximate surface area is 364 Å². The van der Waals surface area contributed by atoms with Crippen LogP contribution in [0.4, 0.5) is 17.1 Å². The molecule has 9 aromatic carbocycles. The maximum atomic E-state index is 2.57. The summed E-state index contributed by atoms with van der Waals surface area (Å²) in [5.74, 6) is 0. The molecule has 1 nitrogen and oxygen atoms in total. The lowest BCUT2D eigenvalue weighted by atomic mass is 9.57. The van der Waals surface area contributed by atoms with E-state index in [-0.39, 0.29) is 10.8 Å². The zero-order valence-electron chi connectivity index (χ0n) is 34.6. The van der Waals surface area contributed by atoms with Gasteiger partial charge in [0.1, 0.15) is 0 Å². The van der Waals surface area contributed by atoms with Crippen molar-refractivity contribution in [1.29, 1.82) is 0 Å². The van der Waals surface area contributed by atoms with Crippen LogP contribution in [0.5, 0.6) is 0 Å². The first kappa shape index (κ1) is 35.5. The van der Waals surface area contributed by atoms with Crippen LogP contribution in [0.1, 0.15) is 70.2 Å². The van der Waals surface area contributed by atoms with E-state index in [4.69, 9.17) is 0 Å². The van der Waals surface area contributed by atoms with Crippen LogP contribution in [-0.4, -0.2) is 0 Å². The Balaban J connectivity index is 0.987. The molecular weight excluding hydrogens is 747 g/mol. The van der Waals surface area contributed by atoms with Gasteiger partial charge in [-0.2, -0.15) is 0 Å². The van der Waals surface area contributed by atoms with Crippen molar-refractivity contribution >= 4 is 17.1 Å². The van der Waals surface area contributed by atoms with E-state index < -0.39 is 5.41 Å². The quantitative estimate of drug-likeness (QED) is 0.168. The molecule has 1 heteroatoms. The van der Waals surface area contributed by atoms with Gasteiger partial charge in [0.15, 0.2) is 0 Å². The lowest BCUT2D eigenvalue weighted by Crippen LogP contribution is -2.39. The number of fused-ring (bicyclic) bond motifs is 13. The molecule has 0 heterocycles. The summed E-state index contributed by atoms with van der Waals surface area (Å²) < 4.78 is 0. The second-order valence-corrected chi connectivity index (χ2v) is 18.0. The predicted molar refractivity (Wildman–Crippen MR) is 256 cm³/mol. The van der Waals surface area contributed by atoms with Gasteiger partial charge in [0, 0.05) is 27.9 Å². The molecule has 4 aliphatic rings. The van der Waals surface area contributed by atoms with Crippen molar-refractivity contribution in [2.24, 2.45) is 0 Å². The molecule has 0 amide bonds. The zero-order valence-corrected chi connectivity index (χ0v) is 34.6. The SMILES string of the molecule is c1ccc(N(c2ccc3c(c2)C2(CCC4(CC2)c2ccccc2-c2ccccc24)c2ccccc2-3)c2ccc3c(c2)C(c2ccccc2)(c2ccccc2)c2ccccc2-3)cc1. The van der Waals surface area contributed by atoms with Gasteiger partial charge < -0.3 is 4.90 Å². The molecular formula is C61H45N. The highest BCUT2D eigenvalue weighted by Crippen LogP contribution is 2.64. The lowest BCUT2D eigenvalue weighted by molar-refractivity contribution is 0.265. The topological polar surface area (TPSA) is 3.24 Å². The van der Waals surface area contributed by atoms with Crippen LogP contribution >= 0.6 is 0 Å². The maximum Gasteiger partial charge on any atom is 0.0714 e. The van der Waals surface area contributed by atoms with Crippen molar-refractivity contribution in [3.63, 3.8) is 0 Å². The van der Waals surface area contributed by atoms with E-state index in [1.165, 1.54) is 83.6 Å². The van der Waals surface area contributed by atoms with Crippen LogP contribution in [0.15, 0.2) is 224 Å². The fourth-order valence-corrected chi connectivity index (χ4v) is 12.8. The summed E-state index contributed by atoms with van der Waals surface area (Å²) >= 11 is 0. The van der Waals surface area contributed by atoms with Gasteiger partial charge in [-0.1, -0.05) is 188 Å². The number of hydrogen-bond donors (Lipinski definition) is 0. The third-order valence-electron chi connectivity index (χ3n) is 15.4. The lowest BCUT2D eigenvalue weighted by Gasteiger charge is -2.45. The molecule has 1 fully saturated rings. The van der Waals surface area contributed by atoms with E-state index in [1.807, 2.05) is 0 Å². The van der Waals surface area contributed by atoms with Crippen molar-refractivity contribution in [1.82, 2.24) is 0 Å². The van der Waals surface area contributed by atoms with Gasteiger partial charge in [-0.05, 0) is 140 Å². The minimum atomic E-state index is -0.480. The fraction of sp³-hybridized carbons (Fsp3) is 0.115. The van der Waals surface area contributed by atoms with Crippen LogP contribution in [-0.2, 0) is 16.2 Å². The Morgan fingerprint density at radius 3 is 1.08 bits per heavy atom. The third-order valence-corrected chi connectivity index (χ3v) is 15.4. The van der Waals surface area contributed by atoms with Gasteiger partial charge in [0.25, 0.3) is 0 Å². The highest BCUT2D eigenvalue weighted by Gasteiger charge is 2.53. The maximum absolute atomic E-state index is 2.57. The van der Waals surface area contributed by atoms with Gasteiger partial charge >= 0.3 is 0 Å². The first-order valence-corrected chi connectivity index (χ1v) is 22.4. The van der Waals surface area contributed by atoms with Gasteiger partial charge in [0.05, 0.1) is 5.41 Å². The molecule has 62 heavy (non-hydrogen) atoms. The number of rotatable bonds is 5. The van der Waals surface area contributed by atoms with Crippen molar-refractivity contribution in [2.45, 2.75) is 41.9 Å². The Hall–Kier alpha value is -7.22. The molecule has 0 radical (unpaired) electrons. The summed E-state index contributed by atoms with van der Waals surface area (Å²) in [4.78, 5) is 2.51. The second-order valence-electron chi connectivity index (χ2n) is 18.0. The number of hydrogen-bond acceptors (Lipinski definition) is 1. The molecule has 0 N–H and O–H groups in total. The van der Waals surface area contributed by atoms with E-state index in [0.29, 0.717) is 0 Å². The Morgan fingerprint density at radius 2 is 0.597 bits per heavy atom. The summed E-state index contributed by atoms with van der Waals surface area (Å²) in [6.45, 7) is 0. The number of para-hydroxylation sites is 1. The summed E-state index contributed by atoms with van der Waals surface area (Å²) in [6.07, 6.45) is 4.44. The molecule has 9 aromatic rings. The first-order chi connectivity index (χ1) is 30.7. The monoisotopic (exact) mass is 791 g/mol. The number of nitrogens with zero attached hydrogens (tertiary/aromatic N) is 1. The van der Waals surface area contributed by atoms with E-state index in [2.05, 4.69) is 229 Å². The Bertz CT molecular complexity index is 3100. The first-order valence-electron chi connectivity index (χ1n) is 22.4. The fourth-order valence-electron chi connectivity index (χ4n) is 12.8. The van der Waals surface area contributed by atoms with Crippen molar-refractivity contribution in [2.75, 3.05) is 4.90 Å². The normalized spacial score (nSPS) is 16.2. The average Bonchev–Trinajstić information content (AvgIpc) is 3.91. The van der Waals surface area contributed by atoms with Crippen LogP contribution in [0.25, 0.3) is 33.4 Å². The largest absolute Gasteiger partial charge is 0.310 e. The van der Waals surface area contributed by atoms with Crippen LogP contribution in [0.3, 0.4) is 0 Å². The summed E-state index contributed by atoms with van der Waals surface area (Å²) in [5.41, 5.74) is 22.4. The smallest absolute Gasteiger partial charge is 0.0714 e. The molecule has 0 unspecified atom stereocenters. The molecule has 1 saturated carbocycles. The van der Waals surface area contributed by atoms with Crippen molar-refractivity contribution in [3.05, 3.63) is 269 Å². The van der Waals surface area contributed by atoms with E-state index in [0.717, 1.165) is 37.1 Å². The summed E-state index contributed by atoms with van der Waals surface area (Å²) in [7, 11) is 0. The van der Waals surface area contributed by atoms with E-state index in [1.54, 1.807) is 0 Å².